The minimum absolute atomic E-state index is 0.0218. The van der Waals surface area contributed by atoms with Crippen molar-refractivity contribution in [2.75, 3.05) is 23.8 Å². The number of para-hydroxylation sites is 1. The molecule has 0 radical (unpaired) electrons. The Morgan fingerprint density at radius 1 is 1.14 bits per heavy atom. The number of hydrogen-bond donors (Lipinski definition) is 0. The number of Topliss-reactive ketones (excluding diaryl/α,β-unsaturated/α-hetero) is 1. The van der Waals surface area contributed by atoms with Crippen LogP contribution in [0.3, 0.4) is 0 Å². The molecule has 0 spiro atoms. The Balaban J connectivity index is 1.60. The fourth-order valence-corrected chi connectivity index (χ4v) is 4.75. The minimum atomic E-state index is -3.38. The second kappa shape index (κ2) is 8.24. The van der Waals surface area contributed by atoms with E-state index < -0.39 is 16.0 Å². The molecule has 8 heteroatoms. The van der Waals surface area contributed by atoms with Gasteiger partial charge in [-0.25, -0.2) is 13.2 Å². The zero-order valence-corrected chi connectivity index (χ0v) is 17.4. The summed E-state index contributed by atoms with van der Waals surface area (Å²) in [4.78, 5) is 23.9. The van der Waals surface area contributed by atoms with Crippen LogP contribution in [0.2, 0.25) is 0 Å². The number of anilines is 1. The maximum absolute atomic E-state index is 12.3. The van der Waals surface area contributed by atoms with Gasteiger partial charge in [0.1, 0.15) is 19.0 Å². The van der Waals surface area contributed by atoms with Gasteiger partial charge in [-0.2, -0.15) is 0 Å². The van der Waals surface area contributed by atoms with Gasteiger partial charge >= 0.3 is 5.97 Å². The smallest absolute Gasteiger partial charge is 0.338 e. The number of rotatable bonds is 7. The van der Waals surface area contributed by atoms with E-state index in [2.05, 4.69) is 0 Å². The van der Waals surface area contributed by atoms with Gasteiger partial charge in [0.2, 0.25) is 10.0 Å². The predicted molar refractivity (Wildman–Crippen MR) is 109 cm³/mol. The van der Waals surface area contributed by atoms with E-state index in [-0.39, 0.29) is 25.0 Å². The molecule has 0 saturated carbocycles. The summed E-state index contributed by atoms with van der Waals surface area (Å²) in [6, 6.07) is 11.6. The molecule has 0 bridgehead atoms. The molecule has 29 heavy (non-hydrogen) atoms. The summed E-state index contributed by atoms with van der Waals surface area (Å²) in [6.07, 6.45) is 1.71. The lowest BCUT2D eigenvalue weighted by molar-refractivity contribution is 0.0449. The van der Waals surface area contributed by atoms with E-state index in [9.17, 15) is 18.0 Å². The molecular weight excluding hydrogens is 394 g/mol. The molecule has 3 rings (SSSR count). The van der Waals surface area contributed by atoms with Crippen LogP contribution in [0, 0.1) is 0 Å². The molecule has 154 valence electrons. The quantitative estimate of drug-likeness (QED) is 0.391. The van der Waals surface area contributed by atoms with Crippen molar-refractivity contribution in [1.29, 1.82) is 0 Å². The number of esters is 1. The topological polar surface area (TPSA) is 90.0 Å². The van der Waals surface area contributed by atoms with Gasteiger partial charge in [0, 0.05) is 6.04 Å². The first-order valence-electron chi connectivity index (χ1n) is 9.20. The first-order valence-corrected chi connectivity index (χ1v) is 11.1. The Morgan fingerprint density at radius 3 is 2.55 bits per heavy atom. The third-order valence-electron chi connectivity index (χ3n) is 4.67. The van der Waals surface area contributed by atoms with Crippen molar-refractivity contribution in [3.63, 3.8) is 0 Å². The van der Waals surface area contributed by atoms with Gasteiger partial charge < -0.3 is 9.47 Å². The van der Waals surface area contributed by atoms with E-state index in [1.54, 1.807) is 42.5 Å². The number of fused-ring (bicyclic) bond motifs is 1. The Labute approximate surface area is 170 Å². The number of benzene rings is 2. The van der Waals surface area contributed by atoms with Crippen LogP contribution >= 0.6 is 0 Å². The van der Waals surface area contributed by atoms with Crippen LogP contribution in [0.4, 0.5) is 5.69 Å². The zero-order chi connectivity index (χ0) is 21.2. The molecular formula is C21H23NO6S. The summed E-state index contributed by atoms with van der Waals surface area (Å²) in [7, 11) is -3.38. The fraction of sp³-hybridized carbons (Fsp3) is 0.333. The molecule has 7 nitrogen and oxygen atoms in total. The van der Waals surface area contributed by atoms with Gasteiger partial charge in [-0.3, -0.25) is 9.10 Å². The lowest BCUT2D eigenvalue weighted by Gasteiger charge is -2.21. The Kier molecular flexibility index (Phi) is 5.93. The van der Waals surface area contributed by atoms with Crippen molar-refractivity contribution in [1.82, 2.24) is 0 Å². The standard InChI is InChI=1S/C21H23NO6S/c1-14-12-17-13-16(8-9-19(17)22(14)29(3,25)26)21(24)28-11-10-27-20-7-5-4-6-18(20)15(2)23/h4-9,13-14H,10-12H2,1-3H3/t14-/m1/s1. The van der Waals surface area contributed by atoms with Gasteiger partial charge in [0.05, 0.1) is 23.1 Å². The molecule has 0 saturated heterocycles. The van der Waals surface area contributed by atoms with Crippen LogP contribution in [-0.2, 0) is 21.2 Å². The lowest BCUT2D eigenvalue weighted by Crippen LogP contribution is -2.34. The Hall–Kier alpha value is -2.87. The third-order valence-corrected chi connectivity index (χ3v) is 5.94. The van der Waals surface area contributed by atoms with Crippen LogP contribution in [0.1, 0.15) is 40.1 Å². The lowest BCUT2D eigenvalue weighted by atomic mass is 10.1. The highest BCUT2D eigenvalue weighted by Gasteiger charge is 2.32. The minimum Gasteiger partial charge on any atom is -0.489 e. The van der Waals surface area contributed by atoms with Crippen LogP contribution in [0.15, 0.2) is 42.5 Å². The number of ketones is 1. The van der Waals surface area contributed by atoms with E-state index in [1.807, 2.05) is 6.92 Å². The molecule has 2 aromatic rings. The summed E-state index contributed by atoms with van der Waals surface area (Å²) in [5, 5.41) is 0. The van der Waals surface area contributed by atoms with Crippen LogP contribution in [0.5, 0.6) is 5.75 Å². The van der Waals surface area contributed by atoms with E-state index >= 15 is 0 Å². The molecule has 1 aliphatic rings. The number of carbonyl (C=O) groups is 2. The van der Waals surface area contributed by atoms with Gasteiger partial charge in [0.25, 0.3) is 0 Å². The highest BCUT2D eigenvalue weighted by Crippen LogP contribution is 2.34. The SMILES string of the molecule is CC(=O)c1ccccc1OCCOC(=O)c1ccc2c(c1)C[C@@H](C)N2S(C)(=O)=O. The summed E-state index contributed by atoms with van der Waals surface area (Å²) < 4.78 is 36.1. The molecule has 1 heterocycles. The molecule has 0 aromatic heterocycles. The van der Waals surface area contributed by atoms with Crippen LogP contribution in [0.25, 0.3) is 0 Å². The molecule has 0 amide bonds. The van der Waals surface area contributed by atoms with Crippen molar-refractivity contribution in [2.45, 2.75) is 26.3 Å². The van der Waals surface area contributed by atoms with Gasteiger partial charge in [-0.1, -0.05) is 12.1 Å². The maximum Gasteiger partial charge on any atom is 0.338 e. The van der Waals surface area contributed by atoms with Crippen LogP contribution < -0.4 is 9.04 Å². The molecule has 0 aliphatic carbocycles. The summed E-state index contributed by atoms with van der Waals surface area (Å²) in [5.74, 6) is -0.168. The van der Waals surface area contributed by atoms with Crippen molar-refractivity contribution in [3.05, 3.63) is 59.2 Å². The van der Waals surface area contributed by atoms with E-state index in [0.29, 0.717) is 29.0 Å². The second-order valence-electron chi connectivity index (χ2n) is 6.99. The van der Waals surface area contributed by atoms with E-state index in [4.69, 9.17) is 9.47 Å². The van der Waals surface area contributed by atoms with Crippen molar-refractivity contribution in [3.8, 4) is 5.75 Å². The molecule has 0 unspecified atom stereocenters. The fourth-order valence-electron chi connectivity index (χ4n) is 3.49. The maximum atomic E-state index is 12.3. The Morgan fingerprint density at radius 2 is 1.86 bits per heavy atom. The van der Waals surface area contributed by atoms with Gasteiger partial charge in [0.15, 0.2) is 5.78 Å². The van der Waals surface area contributed by atoms with Gasteiger partial charge in [-0.15, -0.1) is 0 Å². The largest absolute Gasteiger partial charge is 0.489 e. The molecule has 2 aromatic carbocycles. The predicted octanol–water partition coefficient (Wildman–Crippen LogP) is 2.84. The molecule has 1 aliphatic heterocycles. The number of sulfonamides is 1. The summed E-state index contributed by atoms with van der Waals surface area (Å²) in [6.45, 7) is 3.42. The number of hydrogen-bond acceptors (Lipinski definition) is 6. The monoisotopic (exact) mass is 417 g/mol. The zero-order valence-electron chi connectivity index (χ0n) is 16.5. The second-order valence-corrected chi connectivity index (χ2v) is 8.85. The van der Waals surface area contributed by atoms with Crippen molar-refractivity contribution in [2.24, 2.45) is 0 Å². The average Bonchev–Trinajstić information content (AvgIpc) is 3.00. The number of carbonyl (C=O) groups excluding carboxylic acids is 2. The number of nitrogens with zero attached hydrogens (tertiary/aromatic N) is 1. The first kappa shape index (κ1) is 20.9. The summed E-state index contributed by atoms with van der Waals surface area (Å²) >= 11 is 0. The average molecular weight is 417 g/mol. The van der Waals surface area contributed by atoms with Crippen LogP contribution in [-0.4, -0.2) is 45.7 Å². The highest BCUT2D eigenvalue weighted by atomic mass is 32.2. The normalized spacial score (nSPS) is 15.7. The number of ether oxygens (including phenoxy) is 2. The van der Waals surface area contributed by atoms with E-state index in [0.717, 1.165) is 5.56 Å². The van der Waals surface area contributed by atoms with Crippen molar-refractivity contribution >= 4 is 27.5 Å². The highest BCUT2D eigenvalue weighted by molar-refractivity contribution is 7.92. The first-order chi connectivity index (χ1) is 13.7. The Bertz CT molecular complexity index is 1050. The third kappa shape index (κ3) is 4.59. The van der Waals surface area contributed by atoms with Crippen molar-refractivity contribution < 1.29 is 27.5 Å². The molecule has 0 N–H and O–H groups in total. The van der Waals surface area contributed by atoms with Gasteiger partial charge in [-0.05, 0) is 56.2 Å². The molecule has 1 atom stereocenters. The summed E-state index contributed by atoms with van der Waals surface area (Å²) in [5.41, 5.74) is 2.22. The molecule has 0 fully saturated rings. The van der Waals surface area contributed by atoms with E-state index in [1.165, 1.54) is 17.5 Å².